The summed E-state index contributed by atoms with van der Waals surface area (Å²) in [5.41, 5.74) is -1.13. The quantitative estimate of drug-likeness (QED) is 0.515. The molecule has 0 N–H and O–H groups in total. The van der Waals surface area contributed by atoms with Crippen LogP contribution in [0.4, 0.5) is 18.9 Å². The minimum Gasteiger partial charge on any atom is -0.277 e. The van der Waals surface area contributed by atoms with Crippen molar-refractivity contribution >= 4 is 5.69 Å². The van der Waals surface area contributed by atoms with Crippen molar-refractivity contribution in [1.82, 2.24) is 14.3 Å². The molecule has 0 radical (unpaired) electrons. The smallest absolute Gasteiger partial charge is 0.277 e. The highest BCUT2D eigenvalue weighted by Gasteiger charge is 2.34. The fourth-order valence-electron chi connectivity index (χ4n) is 2.72. The van der Waals surface area contributed by atoms with E-state index >= 15 is 0 Å². The Balaban J connectivity index is 1.97. The second-order valence-corrected chi connectivity index (χ2v) is 5.85. The molecule has 3 aromatic rings. The highest BCUT2D eigenvalue weighted by atomic mass is 19.4. The number of nitro benzene ring substituents is 1. The van der Waals surface area contributed by atoms with Crippen LogP contribution in [0.25, 0.3) is 5.69 Å². The monoisotopic (exact) mass is 378 g/mol. The van der Waals surface area contributed by atoms with Crippen LogP contribution in [-0.4, -0.2) is 19.3 Å². The van der Waals surface area contributed by atoms with Crippen molar-refractivity contribution < 1.29 is 18.1 Å². The summed E-state index contributed by atoms with van der Waals surface area (Å²) in [5, 5.41) is 14.6. The molecule has 0 aliphatic rings. The van der Waals surface area contributed by atoms with E-state index in [-0.39, 0.29) is 17.9 Å². The van der Waals surface area contributed by atoms with E-state index in [0.717, 1.165) is 23.0 Å². The van der Waals surface area contributed by atoms with Gasteiger partial charge in [0.05, 0.1) is 22.7 Å². The van der Waals surface area contributed by atoms with Crippen molar-refractivity contribution in [3.8, 4) is 5.69 Å². The van der Waals surface area contributed by atoms with Crippen LogP contribution in [-0.2, 0) is 12.7 Å². The van der Waals surface area contributed by atoms with Crippen molar-refractivity contribution in [3.63, 3.8) is 0 Å². The number of alkyl halides is 3. The normalized spacial score (nSPS) is 11.6. The topological polar surface area (TPSA) is 83.0 Å². The SMILES string of the molecule is Cc1cc(Cn2cnn(-c3ccccc3C(F)(F)F)c2=O)ccc1[N+](=O)[O-]. The first-order chi connectivity index (χ1) is 12.7. The Morgan fingerprint density at radius 3 is 2.52 bits per heavy atom. The predicted molar refractivity (Wildman–Crippen MR) is 89.8 cm³/mol. The van der Waals surface area contributed by atoms with E-state index in [9.17, 15) is 28.1 Å². The lowest BCUT2D eigenvalue weighted by Crippen LogP contribution is -2.26. The van der Waals surface area contributed by atoms with Gasteiger partial charge < -0.3 is 0 Å². The molecule has 0 fully saturated rings. The lowest BCUT2D eigenvalue weighted by atomic mass is 10.1. The third kappa shape index (κ3) is 3.59. The highest BCUT2D eigenvalue weighted by molar-refractivity contribution is 5.43. The van der Waals surface area contributed by atoms with Gasteiger partial charge in [-0.3, -0.25) is 14.7 Å². The average Bonchev–Trinajstić information content (AvgIpc) is 2.94. The van der Waals surface area contributed by atoms with Crippen molar-refractivity contribution in [2.75, 3.05) is 0 Å². The summed E-state index contributed by atoms with van der Waals surface area (Å²) in [6.45, 7) is 1.58. The third-order valence-electron chi connectivity index (χ3n) is 3.98. The van der Waals surface area contributed by atoms with Gasteiger partial charge in [-0.15, -0.1) is 0 Å². The van der Waals surface area contributed by atoms with Crippen LogP contribution in [0.15, 0.2) is 53.6 Å². The number of para-hydroxylation sites is 1. The van der Waals surface area contributed by atoms with Crippen LogP contribution in [0, 0.1) is 17.0 Å². The van der Waals surface area contributed by atoms with Crippen LogP contribution in [0.5, 0.6) is 0 Å². The van der Waals surface area contributed by atoms with Crippen molar-refractivity contribution in [2.24, 2.45) is 0 Å². The summed E-state index contributed by atoms with van der Waals surface area (Å²) in [6.07, 6.45) is -3.50. The molecule has 7 nitrogen and oxygen atoms in total. The van der Waals surface area contributed by atoms with Crippen molar-refractivity contribution in [1.29, 1.82) is 0 Å². The standard InChI is InChI=1S/C17H13F3N4O3/c1-11-8-12(6-7-14(11)24(26)27)9-22-10-21-23(16(22)25)15-5-3-2-4-13(15)17(18,19)20/h2-8,10H,9H2,1H3. The first kappa shape index (κ1) is 18.4. The molecular weight excluding hydrogens is 365 g/mol. The molecule has 0 saturated carbocycles. The fraction of sp³-hybridized carbons (Fsp3) is 0.176. The third-order valence-corrected chi connectivity index (χ3v) is 3.98. The average molecular weight is 378 g/mol. The molecule has 0 atom stereocenters. The predicted octanol–water partition coefficient (Wildman–Crippen LogP) is 3.32. The van der Waals surface area contributed by atoms with E-state index in [4.69, 9.17) is 0 Å². The lowest BCUT2D eigenvalue weighted by molar-refractivity contribution is -0.385. The molecule has 0 amide bonds. The summed E-state index contributed by atoms with van der Waals surface area (Å²) >= 11 is 0. The summed E-state index contributed by atoms with van der Waals surface area (Å²) in [7, 11) is 0. The van der Waals surface area contributed by atoms with E-state index in [1.54, 1.807) is 13.0 Å². The van der Waals surface area contributed by atoms with Crippen molar-refractivity contribution in [2.45, 2.75) is 19.6 Å². The maximum atomic E-state index is 13.2. The van der Waals surface area contributed by atoms with Gasteiger partial charge in [-0.2, -0.15) is 23.0 Å². The molecule has 1 aromatic heterocycles. The Morgan fingerprint density at radius 1 is 1.19 bits per heavy atom. The van der Waals surface area contributed by atoms with E-state index in [1.165, 1.54) is 24.3 Å². The molecule has 27 heavy (non-hydrogen) atoms. The second-order valence-electron chi connectivity index (χ2n) is 5.85. The van der Waals surface area contributed by atoms with Crippen LogP contribution < -0.4 is 5.69 Å². The van der Waals surface area contributed by atoms with Crippen molar-refractivity contribution in [3.05, 3.63) is 86.1 Å². The number of benzene rings is 2. The number of aromatic nitrogens is 3. The van der Waals surface area contributed by atoms with Crippen LogP contribution in [0.2, 0.25) is 0 Å². The van der Waals surface area contributed by atoms with Crippen LogP contribution in [0.1, 0.15) is 16.7 Å². The number of hydrogen-bond acceptors (Lipinski definition) is 4. The van der Waals surface area contributed by atoms with Crippen LogP contribution in [0.3, 0.4) is 0 Å². The van der Waals surface area contributed by atoms with E-state index < -0.39 is 22.4 Å². The van der Waals surface area contributed by atoms with E-state index in [0.29, 0.717) is 15.8 Å². The largest absolute Gasteiger partial charge is 0.418 e. The van der Waals surface area contributed by atoms with Crippen LogP contribution >= 0.6 is 0 Å². The Bertz CT molecular complexity index is 1070. The molecule has 0 spiro atoms. The number of nitro groups is 1. The maximum Gasteiger partial charge on any atom is 0.418 e. The molecule has 0 aliphatic heterocycles. The van der Waals surface area contributed by atoms with Gasteiger partial charge >= 0.3 is 11.9 Å². The fourth-order valence-corrected chi connectivity index (χ4v) is 2.72. The zero-order chi connectivity index (χ0) is 19.8. The molecule has 2 aromatic carbocycles. The molecule has 10 heteroatoms. The maximum absolute atomic E-state index is 13.2. The summed E-state index contributed by atoms with van der Waals surface area (Å²) < 4.78 is 41.3. The molecular formula is C17H13F3N4O3. The van der Waals surface area contributed by atoms with Gasteiger partial charge in [0.1, 0.15) is 6.33 Å². The first-order valence-electron chi connectivity index (χ1n) is 7.73. The zero-order valence-corrected chi connectivity index (χ0v) is 14.0. The number of halogens is 3. The number of nitrogens with zero attached hydrogens (tertiary/aromatic N) is 4. The summed E-state index contributed by atoms with van der Waals surface area (Å²) in [6, 6.07) is 9.00. The molecule has 140 valence electrons. The second kappa shape index (κ2) is 6.71. The van der Waals surface area contributed by atoms with Gasteiger partial charge in [-0.1, -0.05) is 18.2 Å². The Kier molecular flexibility index (Phi) is 4.56. The molecule has 3 rings (SSSR count). The molecule has 0 saturated heterocycles. The molecule has 0 bridgehead atoms. The number of rotatable bonds is 4. The summed E-state index contributed by atoms with van der Waals surface area (Å²) in [5.74, 6) is 0. The number of hydrogen-bond donors (Lipinski definition) is 0. The molecule has 0 aliphatic carbocycles. The van der Waals surface area contributed by atoms with Gasteiger partial charge in [-0.25, -0.2) is 4.79 Å². The first-order valence-corrected chi connectivity index (χ1v) is 7.73. The van der Waals surface area contributed by atoms with E-state index in [1.807, 2.05) is 0 Å². The molecule has 0 unspecified atom stereocenters. The van der Waals surface area contributed by atoms with E-state index in [2.05, 4.69) is 5.10 Å². The Hall–Kier alpha value is -3.43. The Morgan fingerprint density at radius 2 is 1.89 bits per heavy atom. The van der Waals surface area contributed by atoms with Gasteiger partial charge in [0.25, 0.3) is 5.69 Å². The summed E-state index contributed by atoms with van der Waals surface area (Å²) in [4.78, 5) is 22.8. The van der Waals surface area contributed by atoms with Gasteiger partial charge in [0.2, 0.25) is 0 Å². The Labute approximate surface area is 150 Å². The highest BCUT2D eigenvalue weighted by Crippen LogP contribution is 2.32. The van der Waals surface area contributed by atoms with Gasteiger partial charge in [0, 0.05) is 11.6 Å². The zero-order valence-electron chi connectivity index (χ0n) is 14.0. The minimum atomic E-state index is -4.63. The lowest BCUT2D eigenvalue weighted by Gasteiger charge is -2.11. The molecule has 1 heterocycles. The van der Waals surface area contributed by atoms with Gasteiger partial charge in [0.15, 0.2) is 0 Å². The number of aryl methyl sites for hydroxylation is 1. The van der Waals surface area contributed by atoms with Gasteiger partial charge in [-0.05, 0) is 30.7 Å². The minimum absolute atomic E-state index is 0.0197.